The molecular weight excluding hydrogens is 377 g/mol. The summed E-state index contributed by atoms with van der Waals surface area (Å²) >= 11 is 0. The highest BCUT2D eigenvalue weighted by Gasteiger charge is 2.54. The molecule has 6 heteroatoms. The van der Waals surface area contributed by atoms with Crippen LogP contribution in [-0.2, 0) is 0 Å². The first kappa shape index (κ1) is 16.6. The van der Waals surface area contributed by atoms with Crippen LogP contribution in [-0.4, -0.2) is 20.4 Å². The molecule has 30 heavy (non-hydrogen) atoms. The maximum atomic E-state index is 15.2. The van der Waals surface area contributed by atoms with Crippen LogP contribution in [0.15, 0.2) is 48.9 Å². The number of fused-ring (bicyclic) bond motifs is 9. The number of anilines is 1. The van der Waals surface area contributed by atoms with E-state index in [0.29, 0.717) is 29.4 Å². The first-order valence-corrected chi connectivity index (χ1v) is 10.8. The van der Waals surface area contributed by atoms with Crippen LogP contribution in [0.1, 0.15) is 42.3 Å². The molecule has 5 unspecified atom stereocenters. The zero-order chi connectivity index (χ0) is 19.8. The van der Waals surface area contributed by atoms with Gasteiger partial charge < -0.3 is 5.32 Å². The molecule has 1 aliphatic heterocycles. The second-order valence-corrected chi connectivity index (χ2v) is 9.15. The van der Waals surface area contributed by atoms with Gasteiger partial charge in [-0.05, 0) is 59.6 Å². The molecule has 5 nitrogen and oxygen atoms in total. The third-order valence-corrected chi connectivity index (χ3v) is 7.84. The predicted octanol–water partition coefficient (Wildman–Crippen LogP) is 5.39. The molecule has 0 spiro atoms. The Morgan fingerprint density at radius 2 is 1.83 bits per heavy atom. The van der Waals surface area contributed by atoms with Gasteiger partial charge in [0.15, 0.2) is 0 Å². The average Bonchev–Trinajstić information content (AvgIpc) is 3.58. The van der Waals surface area contributed by atoms with E-state index in [0.717, 1.165) is 27.6 Å². The minimum absolute atomic E-state index is 0.134. The van der Waals surface area contributed by atoms with Crippen LogP contribution in [0.4, 0.5) is 10.1 Å². The Bertz CT molecular complexity index is 1240. The Kier molecular flexibility index (Phi) is 3.29. The summed E-state index contributed by atoms with van der Waals surface area (Å²) in [6.07, 6.45) is 9.42. The number of hydrogen-bond acceptors (Lipinski definition) is 3. The van der Waals surface area contributed by atoms with Crippen molar-refractivity contribution in [3.05, 3.63) is 65.9 Å². The summed E-state index contributed by atoms with van der Waals surface area (Å²) in [6, 6.07) is 10.4. The third kappa shape index (κ3) is 2.16. The third-order valence-electron chi connectivity index (χ3n) is 7.84. The van der Waals surface area contributed by atoms with Gasteiger partial charge in [-0.25, -0.2) is 4.39 Å². The molecule has 150 valence electrons. The molecule has 4 aromatic rings. The van der Waals surface area contributed by atoms with Gasteiger partial charge in [-0.1, -0.05) is 24.3 Å². The van der Waals surface area contributed by atoms with Gasteiger partial charge in [0.05, 0.1) is 29.6 Å². The van der Waals surface area contributed by atoms with Gasteiger partial charge in [0.25, 0.3) is 0 Å². The van der Waals surface area contributed by atoms with E-state index < -0.39 is 0 Å². The van der Waals surface area contributed by atoms with Gasteiger partial charge in [-0.15, -0.1) is 0 Å². The fourth-order valence-electron chi connectivity index (χ4n) is 6.67. The second kappa shape index (κ2) is 5.94. The first-order valence-electron chi connectivity index (χ1n) is 10.8. The zero-order valence-electron chi connectivity index (χ0n) is 16.4. The normalized spacial score (nSPS) is 29.0. The van der Waals surface area contributed by atoms with E-state index in [2.05, 4.69) is 50.0 Å². The summed E-state index contributed by atoms with van der Waals surface area (Å²) in [5, 5.41) is 18.8. The quantitative estimate of drug-likeness (QED) is 0.423. The van der Waals surface area contributed by atoms with Crippen LogP contribution in [0.2, 0.25) is 0 Å². The molecule has 7 rings (SSSR count). The molecule has 2 aromatic heterocycles. The number of nitrogens with one attached hydrogen (secondary N) is 3. The highest BCUT2D eigenvalue weighted by Crippen LogP contribution is 2.64. The Labute approximate surface area is 173 Å². The molecule has 2 bridgehead atoms. The lowest BCUT2D eigenvalue weighted by molar-refractivity contribution is 0.247. The molecule has 2 fully saturated rings. The van der Waals surface area contributed by atoms with Crippen LogP contribution in [0.25, 0.3) is 22.0 Å². The van der Waals surface area contributed by atoms with Gasteiger partial charge in [0, 0.05) is 23.2 Å². The van der Waals surface area contributed by atoms with Crippen molar-refractivity contribution in [1.82, 2.24) is 20.4 Å². The molecule has 5 atom stereocenters. The van der Waals surface area contributed by atoms with Crippen LogP contribution < -0.4 is 5.32 Å². The molecular formula is C24H22FN5. The molecule has 0 saturated heterocycles. The molecule has 3 N–H and O–H groups in total. The Morgan fingerprint density at radius 1 is 0.967 bits per heavy atom. The number of aromatic amines is 2. The maximum Gasteiger partial charge on any atom is 0.148 e. The van der Waals surface area contributed by atoms with Crippen molar-refractivity contribution in [2.75, 3.05) is 5.32 Å². The number of nitrogens with zero attached hydrogens (tertiary/aromatic N) is 2. The van der Waals surface area contributed by atoms with Crippen LogP contribution >= 0.6 is 0 Å². The Balaban J connectivity index is 1.37. The second-order valence-electron chi connectivity index (χ2n) is 9.15. The van der Waals surface area contributed by atoms with Crippen LogP contribution in [0, 0.1) is 23.6 Å². The number of halogens is 1. The lowest BCUT2D eigenvalue weighted by atomic mass is 9.67. The number of hydrogen-bond donors (Lipinski definition) is 3. The highest BCUT2D eigenvalue weighted by atomic mass is 19.1. The van der Waals surface area contributed by atoms with E-state index in [4.69, 9.17) is 0 Å². The van der Waals surface area contributed by atoms with E-state index in [1.54, 1.807) is 6.07 Å². The zero-order valence-corrected chi connectivity index (χ0v) is 16.4. The van der Waals surface area contributed by atoms with Crippen molar-refractivity contribution in [3.63, 3.8) is 0 Å². The minimum atomic E-state index is -0.178. The SMILES string of the molecule is Fc1cc2[nH]ncc2c2c1NC(c1ccc(-c3cn[nH]c3)cc1)C1C3CCC(C3)C21. The molecule has 0 amide bonds. The summed E-state index contributed by atoms with van der Waals surface area (Å²) in [4.78, 5) is 0. The van der Waals surface area contributed by atoms with E-state index in [9.17, 15) is 0 Å². The van der Waals surface area contributed by atoms with Crippen LogP contribution in [0.3, 0.4) is 0 Å². The summed E-state index contributed by atoms with van der Waals surface area (Å²) < 4.78 is 15.2. The molecule has 3 heterocycles. The smallest absolute Gasteiger partial charge is 0.148 e. The number of rotatable bonds is 2. The molecule has 2 aliphatic carbocycles. The van der Waals surface area contributed by atoms with Crippen molar-refractivity contribution in [2.45, 2.75) is 31.2 Å². The fourth-order valence-corrected chi connectivity index (χ4v) is 6.67. The summed E-state index contributed by atoms with van der Waals surface area (Å²) in [6.45, 7) is 0. The first-order chi connectivity index (χ1) is 14.8. The lowest BCUT2D eigenvalue weighted by Crippen LogP contribution is -2.36. The lowest BCUT2D eigenvalue weighted by Gasteiger charge is -2.44. The maximum absolute atomic E-state index is 15.2. The highest BCUT2D eigenvalue weighted by molar-refractivity contribution is 5.89. The van der Waals surface area contributed by atoms with Crippen molar-refractivity contribution in [1.29, 1.82) is 0 Å². The van der Waals surface area contributed by atoms with Gasteiger partial charge in [0.2, 0.25) is 0 Å². The molecule has 2 saturated carbocycles. The standard InChI is InChI=1S/C24H22FN5/c25-18-8-19-17(11-28-30-19)22-20-14-5-6-15(7-14)21(20)23(29-24(18)22)13-3-1-12(2-4-13)16-9-26-27-10-16/h1-4,8-11,14-15,20-21,23,29H,5-7H2,(H,26,27)(H,28,30). The van der Waals surface area contributed by atoms with Crippen molar-refractivity contribution in [2.24, 2.45) is 17.8 Å². The monoisotopic (exact) mass is 399 g/mol. The van der Waals surface area contributed by atoms with Crippen LogP contribution in [0.5, 0.6) is 0 Å². The average molecular weight is 399 g/mol. The predicted molar refractivity (Wildman–Crippen MR) is 114 cm³/mol. The fraction of sp³-hybridized carbons (Fsp3) is 0.333. The topological polar surface area (TPSA) is 69.4 Å². The molecule has 2 aromatic carbocycles. The number of aromatic nitrogens is 4. The summed E-state index contributed by atoms with van der Waals surface area (Å²) in [5.41, 5.74) is 6.10. The van der Waals surface area contributed by atoms with Gasteiger partial charge in [-0.2, -0.15) is 10.2 Å². The largest absolute Gasteiger partial charge is 0.375 e. The Morgan fingerprint density at radius 3 is 2.67 bits per heavy atom. The van der Waals surface area contributed by atoms with E-state index in [1.165, 1.54) is 24.8 Å². The summed E-state index contributed by atoms with van der Waals surface area (Å²) in [7, 11) is 0. The van der Waals surface area contributed by atoms with E-state index >= 15 is 4.39 Å². The summed E-state index contributed by atoms with van der Waals surface area (Å²) in [5.74, 6) is 2.06. The minimum Gasteiger partial charge on any atom is -0.375 e. The van der Waals surface area contributed by atoms with Crippen molar-refractivity contribution < 1.29 is 4.39 Å². The molecule has 3 aliphatic rings. The van der Waals surface area contributed by atoms with Gasteiger partial charge >= 0.3 is 0 Å². The van der Waals surface area contributed by atoms with Gasteiger partial charge in [0.1, 0.15) is 5.82 Å². The van der Waals surface area contributed by atoms with E-state index in [-0.39, 0.29) is 11.9 Å². The van der Waals surface area contributed by atoms with Crippen molar-refractivity contribution >= 4 is 16.6 Å². The number of H-pyrrole nitrogens is 2. The molecule has 0 radical (unpaired) electrons. The Hall–Kier alpha value is -3.15. The van der Waals surface area contributed by atoms with Crippen molar-refractivity contribution in [3.8, 4) is 11.1 Å². The van der Waals surface area contributed by atoms with E-state index in [1.807, 2.05) is 18.6 Å². The van der Waals surface area contributed by atoms with Gasteiger partial charge in [-0.3, -0.25) is 10.2 Å². The number of benzene rings is 2.